The summed E-state index contributed by atoms with van der Waals surface area (Å²) >= 11 is 0. The Labute approximate surface area is 777 Å². The Morgan fingerprint density at radius 3 is 0.847 bits per heavy atom. The van der Waals surface area contributed by atoms with Gasteiger partial charge in [0.2, 0.25) is 0 Å². The second kappa shape index (κ2) is 18.5. The minimum absolute atomic E-state index is 0.0326. The lowest BCUT2D eigenvalue weighted by atomic mass is 9.47. The number of fused-ring (bicyclic) bond motifs is 8. The van der Waals surface area contributed by atoms with Crippen molar-refractivity contribution in [3.05, 3.63) is 234 Å². The Balaban J connectivity index is 0.580. The van der Waals surface area contributed by atoms with Gasteiger partial charge in [-0.15, -0.1) is 5.73 Å². The second-order valence-electron chi connectivity index (χ2n) is 48.7. The van der Waals surface area contributed by atoms with Gasteiger partial charge in [0.1, 0.15) is 0 Å². The molecule has 3 aliphatic heterocycles. The lowest BCUT2D eigenvalue weighted by molar-refractivity contribution is 0.271. The lowest BCUT2D eigenvalue weighted by Gasteiger charge is -2.52. The van der Waals surface area contributed by atoms with E-state index in [2.05, 4.69) is 274 Å². The molecule has 8 bridgehead atoms. The van der Waals surface area contributed by atoms with Crippen LogP contribution in [0.2, 0.25) is 0 Å². The van der Waals surface area contributed by atoms with Crippen LogP contribution >= 0.6 is 0 Å². The topological polar surface area (TPSA) is 60.6 Å². The van der Waals surface area contributed by atoms with Crippen molar-refractivity contribution in [2.45, 2.75) is 122 Å². The standard InChI is InChI=1S/C132H69N5/c1-127(2,3)52-38-50(39-53(42-52)128(4,5)6)66-62-34-30-58(133-62)56(28-22-45-18-24-48(25-19-45)47-16-14-15-17-47)59-31-35-63(134-59)67(51-40-54(129(7,8)9)43-55(41-51)130(10,11)12)65-37-33-61(136-65)57(60-32-36-64(66)135-60)29-23-46-20-26-49(27-21-46)126-132-124-118-112-102-90-82-74-70-68-69-72-76(74)84(90)94-88-80(72)81-73(69)77-75-71(68)79-78(70)86-92(82)100-106-96(86)97-87(79)93-83(75)91-85(77)95-89(81)99-98(88)110(104(94)112)120(124)121-111(99)105(95)113-103(91)109-101(93)107(97)115-114(106)122(116(118)108(100)102)131(132,44-137(126)13)123(115)117(109)119(113)125(121)132/h14-16,18-21,24-27,30-43,126,133,136H,44H2,1-13H3. The van der Waals surface area contributed by atoms with E-state index in [1.165, 1.54) is 27.8 Å². The van der Waals surface area contributed by atoms with Crippen molar-refractivity contribution in [1.29, 1.82) is 0 Å². The van der Waals surface area contributed by atoms with E-state index >= 15 is 0 Å². The van der Waals surface area contributed by atoms with Gasteiger partial charge >= 0.3 is 0 Å². The third-order valence-electron chi connectivity index (χ3n) is 39.2. The first-order valence-electron chi connectivity index (χ1n) is 49.8. The highest BCUT2D eigenvalue weighted by Crippen LogP contribution is 2.87. The third kappa shape index (κ3) is 5.74. The molecule has 32 aromatic carbocycles. The molecule has 0 amide bonds. The summed E-state index contributed by atoms with van der Waals surface area (Å²) < 4.78 is 0. The van der Waals surface area contributed by atoms with Crippen molar-refractivity contribution in [1.82, 2.24) is 24.8 Å². The fourth-order valence-electron chi connectivity index (χ4n) is 35.2. The van der Waals surface area contributed by atoms with Gasteiger partial charge in [0, 0.05) is 51.4 Å². The molecule has 35 aromatic rings. The summed E-state index contributed by atoms with van der Waals surface area (Å²) in [4.78, 5) is 23.0. The molecule has 3 aromatic heterocycles. The van der Waals surface area contributed by atoms with Gasteiger partial charge in [-0.1, -0.05) is 174 Å². The first-order valence-corrected chi connectivity index (χ1v) is 49.8. The van der Waals surface area contributed by atoms with Crippen LogP contribution in [-0.4, -0.2) is 38.4 Å². The van der Waals surface area contributed by atoms with Crippen molar-refractivity contribution in [2.75, 3.05) is 13.6 Å². The molecule has 1 saturated heterocycles. The Morgan fingerprint density at radius 2 is 0.562 bits per heavy atom. The fourth-order valence-corrected chi connectivity index (χ4v) is 35.2. The zero-order chi connectivity index (χ0) is 88.7. The van der Waals surface area contributed by atoms with Crippen molar-refractivity contribution < 1.29 is 0 Å². The molecule has 137 heavy (non-hydrogen) atoms. The molecule has 1 fully saturated rings. The summed E-state index contributed by atoms with van der Waals surface area (Å²) in [5, 5.41) is 88.1. The van der Waals surface area contributed by atoms with Crippen LogP contribution in [0.25, 0.3) is 365 Å². The van der Waals surface area contributed by atoms with Crippen LogP contribution in [0.4, 0.5) is 0 Å². The fraction of sp³-hybridized carbons (Fsp3) is 0.159. The van der Waals surface area contributed by atoms with Gasteiger partial charge in [0.05, 0.1) is 55.8 Å². The molecular weight excluding hydrogens is 1660 g/mol. The molecule has 2 N–H and O–H groups in total. The minimum Gasteiger partial charge on any atom is -0.354 e. The van der Waals surface area contributed by atoms with E-state index in [9.17, 15) is 0 Å². The molecule has 5 aliphatic carbocycles. The van der Waals surface area contributed by atoms with Crippen molar-refractivity contribution in [3.8, 4) is 45.9 Å². The summed E-state index contributed by atoms with van der Waals surface area (Å²) in [6, 6.07) is 42.0. The summed E-state index contributed by atoms with van der Waals surface area (Å²) in [5.41, 5.74) is 31.9. The highest BCUT2D eigenvalue weighted by atomic mass is 15.2. The smallest absolute Gasteiger partial charge is 0.0815 e. The maximum absolute atomic E-state index is 5.95. The molecule has 0 saturated carbocycles. The van der Waals surface area contributed by atoms with Crippen LogP contribution in [0.15, 0.2) is 133 Å². The number of aromatic nitrogens is 4. The molecular formula is C132H69N5. The van der Waals surface area contributed by atoms with Gasteiger partial charge in [0.15, 0.2) is 0 Å². The number of hydrogen-bond donors (Lipinski definition) is 2. The van der Waals surface area contributed by atoms with Crippen LogP contribution in [0.5, 0.6) is 0 Å². The number of H-pyrrole nitrogens is 2. The summed E-state index contributed by atoms with van der Waals surface area (Å²) in [6.45, 7) is 28.9. The quantitative estimate of drug-likeness (QED) is 0.105. The molecule has 622 valence electrons. The molecule has 1 atom stereocenters. The highest BCUT2D eigenvalue weighted by molar-refractivity contribution is 6.82. The molecule has 0 radical (unpaired) electrons. The minimum atomic E-state index is -0.505. The summed E-state index contributed by atoms with van der Waals surface area (Å²) in [5.74, 6) is 15.4. The molecule has 6 heterocycles. The number of aromatic amines is 2. The first-order chi connectivity index (χ1) is 66.5. The Kier molecular flexibility index (Phi) is 8.99. The van der Waals surface area contributed by atoms with E-state index in [4.69, 9.17) is 9.97 Å². The first kappa shape index (κ1) is 66.6. The molecule has 1 unspecified atom stereocenters. The number of nitrogens with zero attached hydrogens (tertiary/aromatic N) is 3. The zero-order valence-corrected chi connectivity index (χ0v) is 77.1. The SMILES string of the molecule is CN1CC23c4c5c6c7c8c9c(c%10c%11c2c2c4c4c%12c5c5c6c6c8c8c%13c9c9c%10c%10c%11c%11c2c2c4c4c%12c%12c5c5c6c8c6c8c%13c9c9c%10c%10c%11c2c2c4c4c%12c5c6c5c8c9c%10c2c45)C73C1c1ccc(C#Cc2c3nc(c(-c4cc(C(C)(C)C)cc(C(C)(C)C)c4)c4ccc([nH]4)c(C#Cc4ccc(C5=C=CC=C5)cc4)c4nc(c(-c5cc(C(C)(C)C)cc(C(C)(C)C)c5)c5ccc2[nH]5)C=C4)C=C3)cc1. The Hall–Kier alpha value is -15.7. The number of benzene rings is 22. The largest absolute Gasteiger partial charge is 0.354 e. The molecule has 5 heteroatoms. The van der Waals surface area contributed by atoms with E-state index in [0.717, 1.165) is 107 Å². The predicted octanol–water partition coefficient (Wildman–Crippen LogP) is 33.4. The monoisotopic (exact) mass is 1720 g/mol. The van der Waals surface area contributed by atoms with Crippen molar-refractivity contribution in [2.24, 2.45) is 0 Å². The second-order valence-corrected chi connectivity index (χ2v) is 48.7. The molecule has 8 aliphatic rings. The molecule has 5 nitrogen and oxygen atoms in total. The van der Waals surface area contributed by atoms with E-state index in [0.29, 0.717) is 0 Å². The number of allylic oxidation sites excluding steroid dienone is 3. The van der Waals surface area contributed by atoms with Crippen molar-refractivity contribution in [3.63, 3.8) is 0 Å². The number of hydrogen-bond acceptors (Lipinski definition) is 3. The normalized spacial score (nSPS) is 18.9. The zero-order valence-electron chi connectivity index (χ0n) is 77.1. The third-order valence-corrected chi connectivity index (χ3v) is 39.2. The Bertz CT molecular complexity index is 11900. The van der Waals surface area contributed by atoms with Gasteiger partial charge in [-0.25, -0.2) is 9.97 Å². The Morgan fingerprint density at radius 1 is 0.292 bits per heavy atom. The van der Waals surface area contributed by atoms with E-state index in [-0.39, 0.29) is 27.7 Å². The van der Waals surface area contributed by atoms with Crippen LogP contribution in [0.1, 0.15) is 190 Å². The van der Waals surface area contributed by atoms with E-state index in [1.54, 1.807) is 313 Å². The van der Waals surface area contributed by atoms with Gasteiger partial charge in [-0.05, 0) is 471 Å². The van der Waals surface area contributed by atoms with Crippen LogP contribution in [0, 0.1) is 23.7 Å². The van der Waals surface area contributed by atoms with Gasteiger partial charge in [-0.2, -0.15) is 0 Å². The van der Waals surface area contributed by atoms with Gasteiger partial charge < -0.3 is 9.97 Å². The number of likely N-dealkylation sites (N-methyl/N-ethyl adjacent to an activating group) is 1. The highest BCUT2D eigenvalue weighted by Gasteiger charge is 2.76. The molecule has 2 spiro atoms. The van der Waals surface area contributed by atoms with Crippen molar-refractivity contribution >= 4 is 343 Å². The summed E-state index contributed by atoms with van der Waals surface area (Å²) in [6.07, 6.45) is 15.0. The van der Waals surface area contributed by atoms with Crippen LogP contribution < -0.4 is 0 Å². The average molecular weight is 1730 g/mol. The maximum Gasteiger partial charge on any atom is 0.0815 e. The number of rotatable bonds is 4. The van der Waals surface area contributed by atoms with Crippen LogP contribution in [-0.2, 0) is 32.5 Å². The number of likely N-dealkylation sites (tertiary alicyclic amines) is 1. The summed E-state index contributed by atoms with van der Waals surface area (Å²) in [7, 11) is 2.59. The van der Waals surface area contributed by atoms with E-state index < -0.39 is 10.8 Å². The van der Waals surface area contributed by atoms with Gasteiger partial charge in [-0.3, -0.25) is 4.90 Å². The predicted molar refractivity (Wildman–Crippen MR) is 579 cm³/mol. The van der Waals surface area contributed by atoms with Crippen LogP contribution in [0.3, 0.4) is 0 Å². The number of nitrogens with one attached hydrogen (secondary N) is 2. The average Bonchev–Trinajstić information content (AvgIpc) is 1.38. The van der Waals surface area contributed by atoms with E-state index in [1.807, 2.05) is 12.2 Å². The molecule has 43 rings (SSSR count). The lowest BCUT2D eigenvalue weighted by Crippen LogP contribution is -2.51. The van der Waals surface area contributed by atoms with Gasteiger partial charge in [0.25, 0.3) is 0 Å². The maximum atomic E-state index is 5.95.